The molecule has 0 radical (unpaired) electrons. The van der Waals surface area contributed by atoms with Crippen LogP contribution in [0.4, 0.5) is 0 Å². The quantitative estimate of drug-likeness (QED) is 0.112. The van der Waals surface area contributed by atoms with Crippen molar-refractivity contribution in [1.82, 2.24) is 5.32 Å². The van der Waals surface area contributed by atoms with E-state index >= 15 is 0 Å². The van der Waals surface area contributed by atoms with Gasteiger partial charge in [-0.1, -0.05) is 72.8 Å². The first-order valence-electron chi connectivity index (χ1n) is 12.3. The second-order valence-corrected chi connectivity index (χ2v) is 14.7. The van der Waals surface area contributed by atoms with Crippen molar-refractivity contribution in [3.8, 4) is 0 Å². The predicted molar refractivity (Wildman–Crippen MR) is 167 cm³/mol. The van der Waals surface area contributed by atoms with E-state index in [9.17, 15) is 0 Å². The molecular weight excluding hydrogens is 601 g/mol. The van der Waals surface area contributed by atoms with E-state index in [-0.39, 0.29) is 0 Å². The van der Waals surface area contributed by atoms with Crippen molar-refractivity contribution in [2.45, 2.75) is 25.2 Å². The molecule has 0 spiro atoms. The molecule has 0 fully saturated rings. The molecule has 194 valence electrons. The summed E-state index contributed by atoms with van der Waals surface area (Å²) in [6.45, 7) is 10.2. The zero-order chi connectivity index (χ0) is 26.9. The summed E-state index contributed by atoms with van der Waals surface area (Å²) in [7, 11) is 2.90. The molecule has 37 heavy (non-hydrogen) atoms. The van der Waals surface area contributed by atoms with E-state index in [0.717, 1.165) is 13.1 Å². The molecule has 0 amide bonds. The molecule has 0 aliphatic heterocycles. The molecule has 1 N–H and O–H groups in total. The second-order valence-electron chi connectivity index (χ2n) is 8.75. The zero-order valence-electron chi connectivity index (χ0n) is 21.4. The Bertz CT molecular complexity index is 939. The van der Waals surface area contributed by atoms with Crippen molar-refractivity contribution in [1.29, 1.82) is 0 Å². The van der Waals surface area contributed by atoms with Crippen molar-refractivity contribution in [3.63, 3.8) is 0 Å². The summed E-state index contributed by atoms with van der Waals surface area (Å²) in [6, 6.07) is 44.4. The minimum atomic E-state index is -0.853. The summed E-state index contributed by atoms with van der Waals surface area (Å²) in [4.78, 5) is 7.75. The van der Waals surface area contributed by atoms with Crippen LogP contribution < -0.4 is 26.5 Å². The van der Waals surface area contributed by atoms with Gasteiger partial charge >= 0.3 is 27.0 Å². The average Bonchev–Trinajstić information content (AvgIpc) is 2.98. The van der Waals surface area contributed by atoms with Crippen molar-refractivity contribution < 1.29 is 22.1 Å². The molecule has 0 saturated carbocycles. The van der Waals surface area contributed by atoms with Gasteiger partial charge in [0.1, 0.15) is 0 Å². The van der Waals surface area contributed by atoms with E-state index in [1.165, 1.54) is 21.2 Å². The molecule has 2 nitrogen and oxygen atoms in total. The molecule has 6 heteroatoms. The predicted octanol–water partition coefficient (Wildman–Crippen LogP) is 5.23. The first-order chi connectivity index (χ1) is 18.2. The van der Waals surface area contributed by atoms with Crippen LogP contribution >= 0.6 is 25.5 Å². The van der Waals surface area contributed by atoms with E-state index in [0.29, 0.717) is 11.3 Å². The number of halogens is 1. The molecule has 0 heterocycles. The van der Waals surface area contributed by atoms with Gasteiger partial charge in [-0.25, -0.2) is 0 Å². The molecule has 2 atom stereocenters. The normalized spacial score (nSPS) is 12.1. The van der Waals surface area contributed by atoms with Gasteiger partial charge in [-0.05, 0) is 62.4 Å². The van der Waals surface area contributed by atoms with Gasteiger partial charge < -0.3 is 10.1 Å². The van der Waals surface area contributed by atoms with Gasteiger partial charge in [0.15, 0.2) is 0 Å². The molecule has 0 aromatic heterocycles. The van der Waals surface area contributed by atoms with Gasteiger partial charge in [0.25, 0.3) is 0 Å². The molecule has 0 unspecified atom stereocenters. The van der Waals surface area contributed by atoms with E-state index in [1.54, 1.807) is 17.3 Å². The van der Waals surface area contributed by atoms with Crippen LogP contribution in [0.15, 0.2) is 121 Å². The van der Waals surface area contributed by atoms with Crippen molar-refractivity contribution in [3.05, 3.63) is 121 Å². The summed E-state index contributed by atoms with van der Waals surface area (Å²) in [5.41, 5.74) is 1.19. The summed E-state index contributed by atoms with van der Waals surface area (Å²) >= 11 is 1.62. The first kappa shape index (κ1) is 31.5. The molecule has 0 aliphatic rings. The molecule has 0 saturated heterocycles. The van der Waals surface area contributed by atoms with Crippen molar-refractivity contribution in [2.24, 2.45) is 0 Å². The summed E-state index contributed by atoms with van der Waals surface area (Å²) < 4.78 is 0. The molecule has 0 bridgehead atoms. The number of benzene rings is 4. The van der Waals surface area contributed by atoms with Crippen molar-refractivity contribution in [2.75, 3.05) is 13.1 Å². The third kappa shape index (κ3) is 9.83. The van der Waals surface area contributed by atoms with Gasteiger partial charge in [0, 0.05) is 13.1 Å². The topological polar surface area (TPSA) is 29.1 Å². The summed E-state index contributed by atoms with van der Waals surface area (Å²) in [6.07, 6.45) is 0. The number of nitrogens with one attached hydrogen (secondary N) is 1. The zero-order valence-corrected chi connectivity index (χ0v) is 26.0. The Balaban J connectivity index is 0.00000115. The Hall–Kier alpha value is -1.72. The number of rotatable bonds is 10. The summed E-state index contributed by atoms with van der Waals surface area (Å²) in [5.74, 6) is 0. The molecule has 4 aromatic carbocycles. The van der Waals surface area contributed by atoms with Crippen LogP contribution in [0.2, 0.25) is 0 Å². The van der Waals surface area contributed by atoms with E-state index < -0.39 is 15.8 Å². The van der Waals surface area contributed by atoms with Gasteiger partial charge in [-0.2, -0.15) is 0 Å². The minimum absolute atomic E-state index is 0.594. The molecule has 4 rings (SSSR count). The molecular formula is C31H37ClNOP2Ru+3. The van der Waals surface area contributed by atoms with E-state index in [4.69, 9.17) is 4.79 Å². The second kappa shape index (κ2) is 18.5. The van der Waals surface area contributed by atoms with Crippen LogP contribution in [0.3, 0.4) is 0 Å². The summed E-state index contributed by atoms with van der Waals surface area (Å²) in [5, 5.41) is 9.85. The molecule has 4 aromatic rings. The fourth-order valence-corrected chi connectivity index (χ4v) is 10.5. The Morgan fingerprint density at radius 1 is 0.568 bits per heavy atom. The monoisotopic (exact) mass is 638 g/mol. The standard InChI is InChI=1S/C30H33NP2.CHO.ClH.Ru.H/c1-25(32(27-15-7-3-8-16-27)28-17-9-4-10-18-28)23-31-24-26(2)33(29-19-11-5-12-20-29)30-21-13-6-14-22-30;1-2;;;/h3-22,25-26,31H,23-24H2,1-2H3;1H;1H;;/q;-1;;+3;/p+1/t25-,26-;;;;/m0..../s1. The molecule has 0 aliphatic carbocycles. The number of hydrogen-bond acceptors (Lipinski definition) is 2. The van der Waals surface area contributed by atoms with Gasteiger partial charge in [0.05, 0.1) is 48.4 Å². The van der Waals surface area contributed by atoms with Crippen LogP contribution in [0.5, 0.6) is 0 Å². The van der Waals surface area contributed by atoms with Crippen LogP contribution in [0.1, 0.15) is 13.8 Å². The van der Waals surface area contributed by atoms with E-state index in [2.05, 4.69) is 157 Å². The Morgan fingerprint density at radius 3 is 1.00 bits per heavy atom. The maximum absolute atomic E-state index is 7.75. The van der Waals surface area contributed by atoms with Crippen LogP contribution in [-0.2, 0) is 22.1 Å². The van der Waals surface area contributed by atoms with Gasteiger partial charge in [0.2, 0.25) is 0 Å². The number of carbonyl (C=O) groups excluding carboxylic acids is 1. The van der Waals surface area contributed by atoms with Crippen LogP contribution in [0.25, 0.3) is 0 Å². The third-order valence-electron chi connectivity index (χ3n) is 6.23. The van der Waals surface area contributed by atoms with Crippen molar-refractivity contribution >= 4 is 53.5 Å². The third-order valence-corrected chi connectivity index (χ3v) is 12.4. The van der Waals surface area contributed by atoms with Gasteiger partial charge in [-0.3, -0.25) is 6.79 Å². The van der Waals surface area contributed by atoms with Gasteiger partial charge in [-0.15, -0.1) is 0 Å². The fraction of sp³-hybridized carbons (Fsp3) is 0.194. The number of hydrogen-bond donors (Lipinski definition) is 1. The SMILES string of the molecule is C[C@@H](CNC[C@H](C)[PH+](c1ccccc1)c1ccccc1)[PH+](c1ccccc1)c1ccccc1.[CH-]=O.[Cl][RuH+2]. The van der Waals surface area contributed by atoms with Crippen LogP contribution in [-0.4, -0.2) is 31.2 Å². The Kier molecular flexibility index (Phi) is 15.8. The maximum atomic E-state index is 7.75. The Labute approximate surface area is 239 Å². The van der Waals surface area contributed by atoms with Crippen LogP contribution in [0, 0.1) is 0 Å². The first-order valence-corrected chi connectivity index (χ1v) is 17.8. The van der Waals surface area contributed by atoms with E-state index in [1.807, 2.05) is 0 Å². The Morgan fingerprint density at radius 2 is 0.784 bits per heavy atom. The average molecular weight is 638 g/mol. The fourth-order valence-electron chi connectivity index (χ4n) is 4.66.